The molecule has 0 aliphatic heterocycles. The SMILES string of the molecule is CCCNC(=O)c1cccc(NC(=O)c2cnn(Cc3ccccc3)c2CC)c1. The Bertz CT molecular complexity index is 980. The van der Waals surface area contributed by atoms with E-state index in [0.717, 1.165) is 17.7 Å². The van der Waals surface area contributed by atoms with Crippen LogP contribution in [0.1, 0.15) is 52.2 Å². The van der Waals surface area contributed by atoms with Crippen molar-refractivity contribution in [3.63, 3.8) is 0 Å². The minimum atomic E-state index is -0.229. The van der Waals surface area contributed by atoms with Gasteiger partial charge in [0.2, 0.25) is 0 Å². The lowest BCUT2D eigenvalue weighted by atomic mass is 10.1. The summed E-state index contributed by atoms with van der Waals surface area (Å²) in [7, 11) is 0. The number of nitrogens with one attached hydrogen (secondary N) is 2. The van der Waals surface area contributed by atoms with Gasteiger partial charge in [-0.3, -0.25) is 14.3 Å². The van der Waals surface area contributed by atoms with E-state index in [0.29, 0.717) is 36.3 Å². The first kappa shape index (κ1) is 20.3. The number of hydrogen-bond acceptors (Lipinski definition) is 3. The van der Waals surface area contributed by atoms with Crippen molar-refractivity contribution >= 4 is 17.5 Å². The van der Waals surface area contributed by atoms with Crippen molar-refractivity contribution in [2.24, 2.45) is 0 Å². The number of benzene rings is 2. The summed E-state index contributed by atoms with van der Waals surface area (Å²) in [5.41, 5.74) is 3.65. The fourth-order valence-corrected chi connectivity index (χ4v) is 3.14. The summed E-state index contributed by atoms with van der Waals surface area (Å²) in [6.45, 7) is 5.24. The second kappa shape index (κ2) is 9.68. The van der Waals surface area contributed by atoms with Gasteiger partial charge < -0.3 is 10.6 Å². The first-order chi connectivity index (χ1) is 14.1. The Morgan fingerprint density at radius 3 is 2.52 bits per heavy atom. The zero-order valence-electron chi connectivity index (χ0n) is 16.8. The number of carbonyl (C=O) groups is 2. The van der Waals surface area contributed by atoms with E-state index >= 15 is 0 Å². The number of amides is 2. The third-order valence-electron chi connectivity index (χ3n) is 4.62. The van der Waals surface area contributed by atoms with Crippen LogP contribution in [-0.4, -0.2) is 28.1 Å². The van der Waals surface area contributed by atoms with Crippen LogP contribution in [0.25, 0.3) is 0 Å². The van der Waals surface area contributed by atoms with Crippen molar-refractivity contribution in [1.82, 2.24) is 15.1 Å². The fraction of sp³-hybridized carbons (Fsp3) is 0.261. The van der Waals surface area contributed by atoms with Crippen LogP contribution in [0, 0.1) is 0 Å². The maximum Gasteiger partial charge on any atom is 0.259 e. The van der Waals surface area contributed by atoms with E-state index in [1.807, 2.05) is 48.9 Å². The molecule has 0 radical (unpaired) electrons. The molecule has 0 fully saturated rings. The summed E-state index contributed by atoms with van der Waals surface area (Å²) in [5, 5.41) is 10.1. The van der Waals surface area contributed by atoms with Crippen LogP contribution in [0.15, 0.2) is 60.8 Å². The number of hydrogen-bond donors (Lipinski definition) is 2. The van der Waals surface area contributed by atoms with Crippen LogP contribution in [0.4, 0.5) is 5.69 Å². The lowest BCUT2D eigenvalue weighted by molar-refractivity contribution is 0.0952. The van der Waals surface area contributed by atoms with Crippen LogP contribution in [0.3, 0.4) is 0 Å². The molecule has 0 saturated carbocycles. The van der Waals surface area contributed by atoms with Crippen LogP contribution < -0.4 is 10.6 Å². The van der Waals surface area contributed by atoms with Gasteiger partial charge in [0.1, 0.15) is 0 Å². The van der Waals surface area contributed by atoms with E-state index in [-0.39, 0.29) is 11.8 Å². The smallest absolute Gasteiger partial charge is 0.259 e. The second-order valence-electron chi connectivity index (χ2n) is 6.79. The molecule has 1 heterocycles. The van der Waals surface area contributed by atoms with E-state index in [1.165, 1.54) is 0 Å². The van der Waals surface area contributed by atoms with Gasteiger partial charge in [-0.15, -0.1) is 0 Å². The Morgan fingerprint density at radius 1 is 1.00 bits per heavy atom. The zero-order valence-corrected chi connectivity index (χ0v) is 16.8. The van der Waals surface area contributed by atoms with Crippen molar-refractivity contribution in [3.8, 4) is 0 Å². The molecule has 3 aromatic rings. The molecule has 0 atom stereocenters. The number of nitrogens with zero attached hydrogens (tertiary/aromatic N) is 2. The molecule has 0 aliphatic carbocycles. The van der Waals surface area contributed by atoms with Crippen LogP contribution in [-0.2, 0) is 13.0 Å². The number of carbonyl (C=O) groups excluding carboxylic acids is 2. The average Bonchev–Trinajstić information content (AvgIpc) is 3.15. The summed E-state index contributed by atoms with van der Waals surface area (Å²) in [6.07, 6.45) is 3.17. The van der Waals surface area contributed by atoms with E-state index in [1.54, 1.807) is 30.5 Å². The maximum absolute atomic E-state index is 12.8. The van der Waals surface area contributed by atoms with E-state index in [2.05, 4.69) is 15.7 Å². The van der Waals surface area contributed by atoms with Crippen molar-refractivity contribution in [2.45, 2.75) is 33.2 Å². The molecule has 0 unspecified atom stereocenters. The van der Waals surface area contributed by atoms with E-state index < -0.39 is 0 Å². The van der Waals surface area contributed by atoms with E-state index in [9.17, 15) is 9.59 Å². The number of rotatable bonds is 8. The summed E-state index contributed by atoms with van der Waals surface area (Å²) in [6, 6.07) is 17.0. The van der Waals surface area contributed by atoms with Gasteiger partial charge in [0, 0.05) is 17.8 Å². The average molecular weight is 390 g/mol. The van der Waals surface area contributed by atoms with Crippen LogP contribution in [0.5, 0.6) is 0 Å². The first-order valence-corrected chi connectivity index (χ1v) is 9.90. The molecule has 150 valence electrons. The van der Waals surface area contributed by atoms with Gasteiger partial charge in [-0.1, -0.05) is 50.2 Å². The standard InChI is InChI=1S/C23H26N4O2/c1-3-13-24-22(28)18-11-8-12-19(14-18)26-23(29)20-15-25-27(21(20)4-2)16-17-9-6-5-7-10-17/h5-12,14-15H,3-4,13,16H2,1-2H3,(H,24,28)(H,26,29). The van der Waals surface area contributed by atoms with Gasteiger partial charge in [0.25, 0.3) is 11.8 Å². The lowest BCUT2D eigenvalue weighted by Gasteiger charge is -2.10. The monoisotopic (exact) mass is 390 g/mol. The molecule has 0 spiro atoms. The predicted octanol–water partition coefficient (Wildman–Crippen LogP) is 3.89. The van der Waals surface area contributed by atoms with Crippen molar-refractivity contribution in [2.75, 3.05) is 11.9 Å². The molecule has 0 saturated heterocycles. The molecule has 29 heavy (non-hydrogen) atoms. The highest BCUT2D eigenvalue weighted by atomic mass is 16.2. The predicted molar refractivity (Wildman–Crippen MR) is 114 cm³/mol. The maximum atomic E-state index is 12.8. The van der Waals surface area contributed by atoms with Crippen LogP contribution in [0.2, 0.25) is 0 Å². The Hall–Kier alpha value is -3.41. The van der Waals surface area contributed by atoms with Crippen molar-refractivity contribution in [1.29, 1.82) is 0 Å². The second-order valence-corrected chi connectivity index (χ2v) is 6.79. The molecule has 0 aliphatic rings. The molecule has 0 bridgehead atoms. The number of aromatic nitrogens is 2. The van der Waals surface area contributed by atoms with E-state index in [4.69, 9.17) is 0 Å². The van der Waals surface area contributed by atoms with Crippen molar-refractivity contribution in [3.05, 3.63) is 83.2 Å². The molecule has 6 heteroatoms. The van der Waals surface area contributed by atoms with Gasteiger partial charge in [-0.2, -0.15) is 5.10 Å². The largest absolute Gasteiger partial charge is 0.352 e. The molecule has 6 nitrogen and oxygen atoms in total. The Kier molecular flexibility index (Phi) is 6.79. The highest BCUT2D eigenvalue weighted by molar-refractivity contribution is 6.05. The highest BCUT2D eigenvalue weighted by Gasteiger charge is 2.17. The topological polar surface area (TPSA) is 76.0 Å². The third kappa shape index (κ3) is 5.10. The van der Waals surface area contributed by atoms with Gasteiger partial charge in [0.05, 0.1) is 24.0 Å². The Morgan fingerprint density at radius 2 is 1.79 bits per heavy atom. The molecule has 2 amide bonds. The quantitative estimate of drug-likeness (QED) is 0.613. The normalized spacial score (nSPS) is 10.6. The zero-order chi connectivity index (χ0) is 20.6. The summed E-state index contributed by atoms with van der Waals surface area (Å²) in [4.78, 5) is 25.0. The Balaban J connectivity index is 1.75. The molecule has 1 aromatic heterocycles. The summed E-state index contributed by atoms with van der Waals surface area (Å²) >= 11 is 0. The van der Waals surface area contributed by atoms with Gasteiger partial charge in [-0.05, 0) is 36.6 Å². The minimum absolute atomic E-state index is 0.145. The third-order valence-corrected chi connectivity index (χ3v) is 4.62. The highest BCUT2D eigenvalue weighted by Crippen LogP contribution is 2.16. The minimum Gasteiger partial charge on any atom is -0.352 e. The molecule has 3 rings (SSSR count). The Labute approximate surface area is 170 Å². The summed E-state index contributed by atoms with van der Waals surface area (Å²) in [5.74, 6) is -0.375. The summed E-state index contributed by atoms with van der Waals surface area (Å²) < 4.78 is 1.86. The van der Waals surface area contributed by atoms with Gasteiger partial charge in [0.15, 0.2) is 0 Å². The fourth-order valence-electron chi connectivity index (χ4n) is 3.14. The van der Waals surface area contributed by atoms with Gasteiger partial charge >= 0.3 is 0 Å². The molecule has 2 N–H and O–H groups in total. The molecular weight excluding hydrogens is 364 g/mol. The number of anilines is 1. The van der Waals surface area contributed by atoms with Crippen molar-refractivity contribution < 1.29 is 9.59 Å². The van der Waals surface area contributed by atoms with Gasteiger partial charge in [-0.25, -0.2) is 0 Å². The molecule has 2 aromatic carbocycles. The lowest BCUT2D eigenvalue weighted by Crippen LogP contribution is -2.24. The molecular formula is C23H26N4O2. The van der Waals surface area contributed by atoms with Crippen LogP contribution >= 0.6 is 0 Å². The first-order valence-electron chi connectivity index (χ1n) is 9.90.